The Morgan fingerprint density at radius 1 is 1.19 bits per heavy atom. The first-order chi connectivity index (χ1) is 9.75. The molecule has 1 aliphatic rings. The molecule has 1 aromatic carbocycles. The monoisotopic (exact) mass is 288 g/mol. The van der Waals surface area contributed by atoms with Crippen LogP contribution in [0.3, 0.4) is 0 Å². The topological polar surface area (TPSA) is 29.5 Å². The summed E-state index contributed by atoms with van der Waals surface area (Å²) >= 11 is 0. The van der Waals surface area contributed by atoms with Crippen molar-refractivity contribution in [3.63, 3.8) is 0 Å². The van der Waals surface area contributed by atoms with Gasteiger partial charge in [-0.3, -0.25) is 0 Å². The second kappa shape index (κ2) is 5.75. The van der Waals surface area contributed by atoms with Gasteiger partial charge in [-0.1, -0.05) is 11.6 Å². The van der Waals surface area contributed by atoms with E-state index in [0.717, 1.165) is 48.1 Å². The number of hydrogen-bond donors (Lipinski definition) is 1. The minimum Gasteiger partial charge on any atom is -0.507 e. The molecular formula is C19H28O2. The predicted octanol–water partition coefficient (Wildman–Crippen LogP) is 5.15. The van der Waals surface area contributed by atoms with E-state index in [-0.39, 0.29) is 5.60 Å². The van der Waals surface area contributed by atoms with Crippen LogP contribution in [0.4, 0.5) is 0 Å². The summed E-state index contributed by atoms with van der Waals surface area (Å²) in [5.74, 6) is 1.44. The lowest BCUT2D eigenvalue weighted by Crippen LogP contribution is -2.37. The molecule has 0 aliphatic carbocycles. The molecule has 0 unspecified atom stereocenters. The summed E-state index contributed by atoms with van der Waals surface area (Å²) in [6.45, 7) is 12.5. The number of phenols is 1. The van der Waals surface area contributed by atoms with Crippen LogP contribution in [0.15, 0.2) is 11.6 Å². The summed E-state index contributed by atoms with van der Waals surface area (Å²) in [6, 6.07) is 0. The molecule has 1 aromatic rings. The third-order valence-corrected chi connectivity index (χ3v) is 4.82. The zero-order chi connectivity index (χ0) is 15.8. The van der Waals surface area contributed by atoms with Gasteiger partial charge in [-0.05, 0) is 83.9 Å². The Kier molecular flexibility index (Phi) is 4.36. The van der Waals surface area contributed by atoms with Crippen molar-refractivity contribution in [2.24, 2.45) is 0 Å². The first-order valence-electron chi connectivity index (χ1n) is 7.89. The Labute approximate surface area is 128 Å². The Bertz CT molecular complexity index is 580. The number of fused-ring (bicyclic) bond motifs is 1. The van der Waals surface area contributed by atoms with Crippen LogP contribution in [0, 0.1) is 20.8 Å². The molecule has 2 nitrogen and oxygen atoms in total. The lowest BCUT2D eigenvalue weighted by Gasteiger charge is -2.38. The van der Waals surface area contributed by atoms with E-state index in [0.29, 0.717) is 5.75 Å². The number of ether oxygens (including phenoxy) is 1. The van der Waals surface area contributed by atoms with Crippen molar-refractivity contribution in [3.05, 3.63) is 33.9 Å². The summed E-state index contributed by atoms with van der Waals surface area (Å²) in [4.78, 5) is 0. The molecule has 2 rings (SSSR count). The number of allylic oxidation sites excluding steroid dienone is 2. The number of benzene rings is 1. The van der Waals surface area contributed by atoms with Crippen molar-refractivity contribution in [2.45, 2.75) is 72.8 Å². The molecule has 1 heterocycles. The van der Waals surface area contributed by atoms with Gasteiger partial charge in [0, 0.05) is 5.56 Å². The maximum Gasteiger partial charge on any atom is 0.127 e. The van der Waals surface area contributed by atoms with E-state index in [2.05, 4.69) is 33.8 Å². The van der Waals surface area contributed by atoms with Gasteiger partial charge in [-0.15, -0.1) is 0 Å². The van der Waals surface area contributed by atoms with Crippen LogP contribution in [0.25, 0.3) is 0 Å². The normalized spacial score (nSPS) is 20.7. The summed E-state index contributed by atoms with van der Waals surface area (Å²) in [5, 5.41) is 10.2. The molecule has 0 saturated heterocycles. The summed E-state index contributed by atoms with van der Waals surface area (Å²) in [7, 11) is 0. The van der Waals surface area contributed by atoms with Gasteiger partial charge in [-0.2, -0.15) is 0 Å². The first kappa shape index (κ1) is 15.9. The fraction of sp³-hybridized carbons (Fsp3) is 0.579. The average Bonchev–Trinajstić information content (AvgIpc) is 2.42. The molecule has 1 atom stereocenters. The van der Waals surface area contributed by atoms with Crippen molar-refractivity contribution >= 4 is 0 Å². The zero-order valence-corrected chi connectivity index (χ0v) is 14.3. The average molecular weight is 288 g/mol. The Morgan fingerprint density at radius 2 is 1.86 bits per heavy atom. The highest BCUT2D eigenvalue weighted by molar-refractivity contribution is 5.58. The third kappa shape index (κ3) is 3.09. The van der Waals surface area contributed by atoms with E-state index in [4.69, 9.17) is 4.74 Å². The van der Waals surface area contributed by atoms with Gasteiger partial charge in [0.1, 0.15) is 17.1 Å². The number of hydrogen-bond acceptors (Lipinski definition) is 2. The molecule has 0 spiro atoms. The van der Waals surface area contributed by atoms with E-state index >= 15 is 0 Å². The molecule has 116 valence electrons. The van der Waals surface area contributed by atoms with Crippen LogP contribution in [0.2, 0.25) is 0 Å². The highest BCUT2D eigenvalue weighted by Crippen LogP contribution is 2.44. The molecular weight excluding hydrogens is 260 g/mol. The highest BCUT2D eigenvalue weighted by Gasteiger charge is 2.33. The van der Waals surface area contributed by atoms with Crippen molar-refractivity contribution < 1.29 is 9.84 Å². The molecule has 1 N–H and O–H groups in total. The lowest BCUT2D eigenvalue weighted by atomic mass is 9.85. The van der Waals surface area contributed by atoms with E-state index < -0.39 is 0 Å². The van der Waals surface area contributed by atoms with Gasteiger partial charge in [0.25, 0.3) is 0 Å². The molecule has 0 aromatic heterocycles. The summed E-state index contributed by atoms with van der Waals surface area (Å²) < 4.78 is 6.41. The van der Waals surface area contributed by atoms with Gasteiger partial charge >= 0.3 is 0 Å². The second-order valence-corrected chi connectivity index (χ2v) is 6.90. The molecule has 0 radical (unpaired) electrons. The maximum absolute atomic E-state index is 10.2. The molecule has 1 aliphatic heterocycles. The van der Waals surface area contributed by atoms with Gasteiger partial charge in [0.2, 0.25) is 0 Å². The Morgan fingerprint density at radius 3 is 2.48 bits per heavy atom. The Balaban J connectivity index is 2.30. The van der Waals surface area contributed by atoms with Gasteiger partial charge in [0.05, 0.1) is 0 Å². The lowest BCUT2D eigenvalue weighted by molar-refractivity contribution is 0.0558. The van der Waals surface area contributed by atoms with Gasteiger partial charge in [-0.25, -0.2) is 0 Å². The van der Waals surface area contributed by atoms with Crippen LogP contribution in [0.1, 0.15) is 62.3 Å². The zero-order valence-electron chi connectivity index (χ0n) is 14.3. The van der Waals surface area contributed by atoms with Crippen molar-refractivity contribution in [1.82, 2.24) is 0 Å². The van der Waals surface area contributed by atoms with Crippen LogP contribution >= 0.6 is 0 Å². The molecule has 0 fully saturated rings. The minimum atomic E-state index is -0.0977. The van der Waals surface area contributed by atoms with E-state index in [9.17, 15) is 5.11 Å². The second-order valence-electron chi connectivity index (χ2n) is 6.90. The van der Waals surface area contributed by atoms with Crippen LogP contribution in [-0.4, -0.2) is 10.7 Å². The SMILES string of the molecule is CC(C)=CCC[C@]1(C)CCc2c(C)c(O)c(C)c(C)c2O1. The van der Waals surface area contributed by atoms with Crippen LogP contribution < -0.4 is 4.74 Å². The predicted molar refractivity (Wildman–Crippen MR) is 88.3 cm³/mol. The third-order valence-electron chi connectivity index (χ3n) is 4.82. The summed E-state index contributed by atoms with van der Waals surface area (Å²) in [6.07, 6.45) is 6.38. The maximum atomic E-state index is 10.2. The van der Waals surface area contributed by atoms with Crippen molar-refractivity contribution in [2.75, 3.05) is 0 Å². The quantitative estimate of drug-likeness (QED) is 0.780. The smallest absolute Gasteiger partial charge is 0.127 e. The molecule has 0 amide bonds. The largest absolute Gasteiger partial charge is 0.507 e. The van der Waals surface area contributed by atoms with Crippen molar-refractivity contribution in [3.8, 4) is 11.5 Å². The number of phenolic OH excluding ortho intramolecular Hbond substituents is 1. The molecule has 0 saturated carbocycles. The minimum absolute atomic E-state index is 0.0977. The number of rotatable bonds is 3. The fourth-order valence-corrected chi connectivity index (χ4v) is 3.14. The Hall–Kier alpha value is -1.44. The van der Waals surface area contributed by atoms with Crippen LogP contribution in [-0.2, 0) is 6.42 Å². The highest BCUT2D eigenvalue weighted by atomic mass is 16.5. The fourth-order valence-electron chi connectivity index (χ4n) is 3.14. The van der Waals surface area contributed by atoms with Crippen molar-refractivity contribution in [1.29, 1.82) is 0 Å². The molecule has 0 bridgehead atoms. The van der Waals surface area contributed by atoms with Gasteiger partial charge < -0.3 is 9.84 Å². The number of aromatic hydroxyl groups is 1. The van der Waals surface area contributed by atoms with E-state index in [1.54, 1.807) is 0 Å². The summed E-state index contributed by atoms with van der Waals surface area (Å²) in [5.41, 5.74) is 5.47. The van der Waals surface area contributed by atoms with E-state index in [1.165, 1.54) is 11.1 Å². The molecule has 2 heteroatoms. The standard InChI is InChI=1S/C19H28O2/c1-12(2)8-7-10-19(6)11-9-16-15(5)17(20)13(3)14(4)18(16)21-19/h8,20H,7,9-11H2,1-6H3/t19-/m1/s1. The van der Waals surface area contributed by atoms with Crippen LogP contribution in [0.5, 0.6) is 11.5 Å². The van der Waals surface area contributed by atoms with Gasteiger partial charge in [0.15, 0.2) is 0 Å². The first-order valence-corrected chi connectivity index (χ1v) is 7.89. The molecule has 21 heavy (non-hydrogen) atoms. The van der Waals surface area contributed by atoms with E-state index in [1.807, 2.05) is 13.8 Å².